The standard InChI is InChI=1S/C18H22F3N5OS.HI/c1-22-17(25-10-16-26-14(11-28-16)18(19,20)21)24-9-12-6-7-23-15(8-12)27-13-4-2-3-5-13;/h6-8,11,13H,2-5,9-10H2,1H3,(H2,22,24,25);1H. The first-order valence-corrected chi connectivity index (χ1v) is 9.89. The molecule has 3 rings (SSSR count). The second-order valence-corrected chi connectivity index (χ2v) is 7.37. The fourth-order valence-electron chi connectivity index (χ4n) is 2.89. The van der Waals surface area contributed by atoms with Crippen LogP contribution in [0.5, 0.6) is 5.88 Å². The molecule has 0 aromatic carbocycles. The molecule has 6 nitrogen and oxygen atoms in total. The number of pyridine rings is 1. The van der Waals surface area contributed by atoms with Gasteiger partial charge in [-0.1, -0.05) is 0 Å². The number of alkyl halides is 3. The van der Waals surface area contributed by atoms with Crippen LogP contribution in [0.1, 0.15) is 41.9 Å². The van der Waals surface area contributed by atoms with Crippen molar-refractivity contribution in [2.45, 2.75) is 51.1 Å². The molecule has 0 unspecified atom stereocenters. The minimum Gasteiger partial charge on any atom is -0.474 e. The molecule has 0 radical (unpaired) electrons. The summed E-state index contributed by atoms with van der Waals surface area (Å²) in [7, 11) is 1.60. The van der Waals surface area contributed by atoms with Crippen molar-refractivity contribution in [3.63, 3.8) is 0 Å². The molecule has 2 aromatic heterocycles. The van der Waals surface area contributed by atoms with E-state index in [1.54, 1.807) is 13.2 Å². The van der Waals surface area contributed by atoms with Crippen LogP contribution < -0.4 is 15.4 Å². The first-order valence-electron chi connectivity index (χ1n) is 9.02. The summed E-state index contributed by atoms with van der Waals surface area (Å²) >= 11 is 0.959. The average molecular weight is 541 g/mol. The average Bonchev–Trinajstić information content (AvgIpc) is 3.34. The summed E-state index contributed by atoms with van der Waals surface area (Å²) < 4.78 is 43.7. The molecular formula is C18H23F3IN5OS. The predicted molar refractivity (Wildman–Crippen MR) is 117 cm³/mol. The van der Waals surface area contributed by atoms with Crippen LogP contribution >= 0.6 is 35.3 Å². The van der Waals surface area contributed by atoms with Crippen LogP contribution in [0.15, 0.2) is 28.7 Å². The largest absolute Gasteiger partial charge is 0.474 e. The molecule has 1 aliphatic rings. The van der Waals surface area contributed by atoms with Gasteiger partial charge >= 0.3 is 6.18 Å². The molecule has 0 spiro atoms. The molecule has 1 aliphatic carbocycles. The smallest absolute Gasteiger partial charge is 0.434 e. The Kier molecular flexibility index (Phi) is 8.93. The molecule has 160 valence electrons. The van der Waals surface area contributed by atoms with Crippen LogP contribution in [0.25, 0.3) is 0 Å². The molecule has 0 amide bonds. The van der Waals surface area contributed by atoms with E-state index in [2.05, 4.69) is 25.6 Å². The summed E-state index contributed by atoms with van der Waals surface area (Å²) in [5, 5.41) is 7.44. The normalized spacial score (nSPS) is 15.1. The van der Waals surface area contributed by atoms with Crippen molar-refractivity contribution < 1.29 is 17.9 Å². The number of rotatable bonds is 6. The first-order chi connectivity index (χ1) is 13.4. The van der Waals surface area contributed by atoms with Gasteiger partial charge in [0.2, 0.25) is 5.88 Å². The number of guanidine groups is 1. The molecule has 0 bridgehead atoms. The summed E-state index contributed by atoms with van der Waals surface area (Å²) in [6, 6.07) is 3.76. The van der Waals surface area contributed by atoms with E-state index in [-0.39, 0.29) is 36.6 Å². The van der Waals surface area contributed by atoms with E-state index < -0.39 is 11.9 Å². The Morgan fingerprint density at radius 2 is 2.00 bits per heavy atom. The van der Waals surface area contributed by atoms with Crippen molar-refractivity contribution in [3.8, 4) is 5.88 Å². The minimum absolute atomic E-state index is 0. The van der Waals surface area contributed by atoms with Crippen LogP contribution in [-0.4, -0.2) is 29.1 Å². The third-order valence-electron chi connectivity index (χ3n) is 4.32. The lowest BCUT2D eigenvalue weighted by Gasteiger charge is -2.14. The van der Waals surface area contributed by atoms with Gasteiger partial charge in [0.25, 0.3) is 0 Å². The minimum atomic E-state index is -4.42. The van der Waals surface area contributed by atoms with Crippen molar-refractivity contribution in [2.75, 3.05) is 7.05 Å². The summed E-state index contributed by atoms with van der Waals surface area (Å²) in [6.07, 6.45) is 2.03. The maximum Gasteiger partial charge on any atom is 0.434 e. The summed E-state index contributed by atoms with van der Waals surface area (Å²) in [4.78, 5) is 11.9. The molecule has 0 saturated heterocycles. The Balaban J connectivity index is 0.00000300. The Labute approximate surface area is 188 Å². The molecule has 11 heteroatoms. The fraction of sp³-hybridized carbons (Fsp3) is 0.500. The lowest BCUT2D eigenvalue weighted by molar-refractivity contribution is -0.140. The van der Waals surface area contributed by atoms with Crippen molar-refractivity contribution in [2.24, 2.45) is 4.99 Å². The molecule has 29 heavy (non-hydrogen) atoms. The number of nitrogens with zero attached hydrogens (tertiary/aromatic N) is 3. The van der Waals surface area contributed by atoms with Gasteiger partial charge in [0.05, 0.1) is 6.54 Å². The molecule has 1 saturated carbocycles. The highest BCUT2D eigenvalue weighted by atomic mass is 127. The highest BCUT2D eigenvalue weighted by molar-refractivity contribution is 14.0. The van der Waals surface area contributed by atoms with Gasteiger partial charge in [-0.05, 0) is 37.3 Å². The lowest BCUT2D eigenvalue weighted by Crippen LogP contribution is -2.36. The number of aromatic nitrogens is 2. The molecule has 2 aromatic rings. The van der Waals surface area contributed by atoms with Gasteiger partial charge in [-0.25, -0.2) is 9.97 Å². The second kappa shape index (κ2) is 11.0. The Hall–Kier alpha value is -1.63. The van der Waals surface area contributed by atoms with Crippen molar-refractivity contribution in [1.82, 2.24) is 20.6 Å². The van der Waals surface area contributed by atoms with Gasteiger partial charge in [0.15, 0.2) is 11.7 Å². The zero-order chi connectivity index (χ0) is 20.0. The Morgan fingerprint density at radius 3 is 2.66 bits per heavy atom. The van der Waals surface area contributed by atoms with Crippen molar-refractivity contribution in [1.29, 1.82) is 0 Å². The zero-order valence-electron chi connectivity index (χ0n) is 15.8. The van der Waals surface area contributed by atoms with E-state index in [4.69, 9.17) is 4.74 Å². The number of hydrogen-bond donors (Lipinski definition) is 2. The molecule has 1 fully saturated rings. The molecule has 2 N–H and O–H groups in total. The van der Waals surface area contributed by atoms with Crippen LogP contribution in [0.2, 0.25) is 0 Å². The Bertz CT molecular complexity index is 809. The third kappa shape index (κ3) is 7.28. The summed E-state index contributed by atoms with van der Waals surface area (Å²) in [5.41, 5.74) is 0.100. The predicted octanol–water partition coefficient (Wildman–Crippen LogP) is 4.36. The first kappa shape index (κ1) is 23.6. The van der Waals surface area contributed by atoms with E-state index in [9.17, 15) is 13.2 Å². The van der Waals surface area contributed by atoms with Crippen LogP contribution in [0, 0.1) is 0 Å². The van der Waals surface area contributed by atoms with Crippen LogP contribution in [0.3, 0.4) is 0 Å². The topological polar surface area (TPSA) is 71.4 Å². The number of aliphatic imine (C=N–C) groups is 1. The highest BCUT2D eigenvalue weighted by Gasteiger charge is 2.33. The summed E-state index contributed by atoms with van der Waals surface area (Å²) in [6.45, 7) is 0.641. The van der Waals surface area contributed by atoms with Gasteiger partial charge in [-0.3, -0.25) is 4.99 Å². The number of ether oxygens (including phenoxy) is 1. The van der Waals surface area contributed by atoms with Gasteiger partial charge < -0.3 is 15.4 Å². The Morgan fingerprint density at radius 1 is 1.28 bits per heavy atom. The maximum absolute atomic E-state index is 12.6. The van der Waals surface area contributed by atoms with Gasteiger partial charge in [0.1, 0.15) is 11.1 Å². The van der Waals surface area contributed by atoms with E-state index in [0.717, 1.165) is 35.1 Å². The van der Waals surface area contributed by atoms with Gasteiger partial charge in [-0.15, -0.1) is 35.3 Å². The van der Waals surface area contributed by atoms with Crippen molar-refractivity contribution >= 4 is 41.3 Å². The van der Waals surface area contributed by atoms with E-state index >= 15 is 0 Å². The number of nitrogens with one attached hydrogen (secondary N) is 2. The monoisotopic (exact) mass is 541 g/mol. The number of hydrogen-bond acceptors (Lipinski definition) is 5. The molecule has 0 atom stereocenters. The number of thiazole rings is 1. The highest BCUT2D eigenvalue weighted by Crippen LogP contribution is 2.30. The SMILES string of the molecule is CN=C(NCc1ccnc(OC2CCCC2)c1)NCc1nc(C(F)(F)F)cs1.I. The molecule has 0 aliphatic heterocycles. The summed E-state index contributed by atoms with van der Waals surface area (Å²) in [5.74, 6) is 1.08. The van der Waals surface area contributed by atoms with E-state index in [0.29, 0.717) is 23.4 Å². The second-order valence-electron chi connectivity index (χ2n) is 6.43. The van der Waals surface area contributed by atoms with Crippen LogP contribution in [-0.2, 0) is 19.3 Å². The third-order valence-corrected chi connectivity index (χ3v) is 5.17. The molecular weight excluding hydrogens is 518 g/mol. The van der Waals surface area contributed by atoms with Crippen molar-refractivity contribution in [3.05, 3.63) is 40.0 Å². The van der Waals surface area contributed by atoms with E-state index in [1.807, 2.05) is 12.1 Å². The van der Waals surface area contributed by atoms with Gasteiger partial charge in [0, 0.05) is 31.2 Å². The van der Waals surface area contributed by atoms with Crippen LogP contribution in [0.4, 0.5) is 13.2 Å². The van der Waals surface area contributed by atoms with Gasteiger partial charge in [-0.2, -0.15) is 13.2 Å². The maximum atomic E-state index is 12.6. The lowest BCUT2D eigenvalue weighted by atomic mass is 10.2. The number of halogens is 4. The molecule has 2 heterocycles. The van der Waals surface area contributed by atoms with E-state index in [1.165, 1.54) is 12.8 Å². The fourth-order valence-corrected chi connectivity index (χ4v) is 3.63. The zero-order valence-corrected chi connectivity index (χ0v) is 19.0. The quantitative estimate of drug-likeness (QED) is 0.323.